The van der Waals surface area contributed by atoms with E-state index in [9.17, 15) is 35.9 Å². The van der Waals surface area contributed by atoms with Crippen LogP contribution < -0.4 is 5.73 Å². The molecule has 35 heavy (non-hydrogen) atoms. The molecule has 0 bridgehead atoms. The Bertz CT molecular complexity index is 1190. The Labute approximate surface area is 195 Å². The van der Waals surface area contributed by atoms with E-state index < -0.39 is 53.5 Å². The fraction of sp³-hybridized carbons (Fsp3) is 0.304. The Kier molecular flexibility index (Phi) is 7.44. The third-order valence-corrected chi connectivity index (χ3v) is 5.28. The van der Waals surface area contributed by atoms with Gasteiger partial charge in [-0.25, -0.2) is 4.79 Å². The number of para-hydroxylation sites is 1. The minimum absolute atomic E-state index is 0.0152. The minimum Gasteiger partial charge on any atom is -0.462 e. The lowest BCUT2D eigenvalue weighted by Gasteiger charge is -2.26. The van der Waals surface area contributed by atoms with E-state index in [1.807, 2.05) is 24.3 Å². The number of H-pyrrole nitrogens is 1. The predicted molar refractivity (Wildman–Crippen MR) is 114 cm³/mol. The van der Waals surface area contributed by atoms with E-state index in [0.29, 0.717) is 12.1 Å². The average Bonchev–Trinajstić information content (AvgIpc) is 3.19. The molecule has 0 aliphatic rings. The fourth-order valence-electron chi connectivity index (χ4n) is 3.70. The van der Waals surface area contributed by atoms with E-state index >= 15 is 0 Å². The topological polar surface area (TPSA) is 88.4 Å². The van der Waals surface area contributed by atoms with Gasteiger partial charge in [-0.3, -0.25) is 4.79 Å². The number of halogens is 6. The van der Waals surface area contributed by atoms with Gasteiger partial charge in [0.2, 0.25) is 0 Å². The molecule has 0 unspecified atom stereocenters. The van der Waals surface area contributed by atoms with Crippen molar-refractivity contribution >= 4 is 22.8 Å². The maximum atomic E-state index is 13.2. The zero-order valence-electron chi connectivity index (χ0n) is 18.3. The molecule has 0 radical (unpaired) electrons. The first-order valence-electron chi connectivity index (χ1n) is 10.3. The number of aromatic nitrogens is 1. The number of nitrogens with zero attached hydrogens (tertiary/aromatic N) is 1. The van der Waals surface area contributed by atoms with Gasteiger partial charge in [-0.15, -0.1) is 0 Å². The molecule has 0 aliphatic heterocycles. The van der Waals surface area contributed by atoms with E-state index in [1.165, 1.54) is 0 Å². The van der Waals surface area contributed by atoms with Crippen LogP contribution in [0.4, 0.5) is 26.3 Å². The smallest absolute Gasteiger partial charge is 0.416 e. The summed E-state index contributed by atoms with van der Waals surface area (Å²) in [4.78, 5) is 28.2. The molecule has 0 fully saturated rings. The van der Waals surface area contributed by atoms with Gasteiger partial charge in [0, 0.05) is 36.2 Å². The summed E-state index contributed by atoms with van der Waals surface area (Å²) in [6.07, 6.45) is -8.19. The number of ether oxygens (including phenoxy) is 1. The lowest BCUT2D eigenvalue weighted by Crippen LogP contribution is -2.44. The number of amides is 1. The SMILES string of the molecule is COC(=O)C(=O)N(Cc1cc(C(F)(F)F)cc(C(F)(F)F)c1)C[C@@H](N)Cc1c[nH]c2ccccc12. The zero-order chi connectivity index (χ0) is 26.0. The molecule has 188 valence electrons. The number of hydrogen-bond donors (Lipinski definition) is 2. The van der Waals surface area contributed by atoms with Crippen molar-refractivity contribution in [2.75, 3.05) is 13.7 Å². The summed E-state index contributed by atoms with van der Waals surface area (Å²) < 4.78 is 83.7. The van der Waals surface area contributed by atoms with Gasteiger partial charge in [0.25, 0.3) is 0 Å². The Hall–Kier alpha value is -3.54. The number of hydrogen-bond acceptors (Lipinski definition) is 4. The van der Waals surface area contributed by atoms with Crippen molar-refractivity contribution in [3.8, 4) is 0 Å². The Morgan fingerprint density at radius 3 is 2.20 bits per heavy atom. The number of methoxy groups -OCH3 is 1. The first-order valence-corrected chi connectivity index (χ1v) is 10.3. The van der Waals surface area contributed by atoms with Gasteiger partial charge in [-0.05, 0) is 41.8 Å². The van der Waals surface area contributed by atoms with E-state index in [4.69, 9.17) is 5.73 Å². The molecular formula is C23H21F6N3O3. The molecule has 6 nitrogen and oxygen atoms in total. The monoisotopic (exact) mass is 501 g/mol. The van der Waals surface area contributed by atoms with Crippen molar-refractivity contribution in [3.63, 3.8) is 0 Å². The number of nitrogens with one attached hydrogen (secondary N) is 1. The average molecular weight is 501 g/mol. The summed E-state index contributed by atoms with van der Waals surface area (Å²) in [6.45, 7) is -1.05. The molecule has 0 spiro atoms. The molecule has 0 saturated heterocycles. The first-order chi connectivity index (χ1) is 16.3. The van der Waals surface area contributed by atoms with Crippen molar-refractivity contribution in [2.24, 2.45) is 5.73 Å². The Balaban J connectivity index is 1.90. The summed E-state index contributed by atoms with van der Waals surface area (Å²) in [6, 6.07) is 7.49. The maximum absolute atomic E-state index is 13.2. The van der Waals surface area contributed by atoms with Gasteiger partial charge in [-0.1, -0.05) is 18.2 Å². The molecule has 1 aromatic heterocycles. The molecule has 1 atom stereocenters. The summed E-state index contributed by atoms with van der Waals surface area (Å²) >= 11 is 0. The molecule has 1 heterocycles. The number of rotatable bonds is 6. The lowest BCUT2D eigenvalue weighted by molar-refractivity contribution is -0.158. The number of carbonyl (C=O) groups excluding carboxylic acids is 2. The van der Waals surface area contributed by atoms with Crippen LogP contribution in [-0.4, -0.2) is 41.5 Å². The van der Waals surface area contributed by atoms with Crippen molar-refractivity contribution in [2.45, 2.75) is 31.4 Å². The van der Waals surface area contributed by atoms with E-state index in [0.717, 1.165) is 28.5 Å². The van der Waals surface area contributed by atoms with Crippen LogP contribution in [0.2, 0.25) is 0 Å². The number of fused-ring (bicyclic) bond motifs is 1. The molecule has 12 heteroatoms. The van der Waals surface area contributed by atoms with E-state index in [-0.39, 0.29) is 19.0 Å². The summed E-state index contributed by atoms with van der Waals surface area (Å²) in [5.41, 5.74) is 4.26. The number of nitrogens with two attached hydrogens (primary N) is 1. The lowest BCUT2D eigenvalue weighted by atomic mass is 10.0. The molecule has 0 saturated carbocycles. The third-order valence-electron chi connectivity index (χ3n) is 5.28. The van der Waals surface area contributed by atoms with E-state index in [2.05, 4.69) is 9.72 Å². The number of aromatic amines is 1. The second-order valence-electron chi connectivity index (χ2n) is 7.92. The van der Waals surface area contributed by atoms with Crippen molar-refractivity contribution < 1.29 is 40.7 Å². The molecule has 2 aromatic carbocycles. The van der Waals surface area contributed by atoms with E-state index in [1.54, 1.807) is 6.20 Å². The molecule has 3 N–H and O–H groups in total. The third kappa shape index (κ3) is 6.32. The number of esters is 1. The van der Waals surface area contributed by atoms with Crippen LogP contribution in [0.3, 0.4) is 0 Å². The van der Waals surface area contributed by atoms with Crippen LogP contribution in [0.25, 0.3) is 10.9 Å². The van der Waals surface area contributed by atoms with Crippen LogP contribution in [0.5, 0.6) is 0 Å². The predicted octanol–water partition coefficient (Wildman–Crippen LogP) is 4.28. The van der Waals surface area contributed by atoms with Gasteiger partial charge in [0.1, 0.15) is 0 Å². The second kappa shape index (κ2) is 9.98. The standard InChI is InChI=1S/C23H21F6N3O3/c1-35-21(34)20(33)32(12-17(30)8-14-10-31-19-5-3-2-4-18(14)19)11-13-6-15(22(24,25)26)9-16(7-13)23(27,28)29/h2-7,9-10,17,31H,8,11-12,30H2,1H3/t17-/m0/s1. The van der Waals surface area contributed by atoms with Gasteiger partial charge >= 0.3 is 24.2 Å². The van der Waals surface area contributed by atoms with Crippen molar-refractivity contribution in [1.29, 1.82) is 0 Å². The van der Waals surface area contributed by atoms with Crippen LogP contribution in [-0.2, 0) is 39.6 Å². The van der Waals surface area contributed by atoms with Crippen molar-refractivity contribution in [3.05, 3.63) is 70.9 Å². The van der Waals surface area contributed by atoms with Crippen LogP contribution >= 0.6 is 0 Å². The van der Waals surface area contributed by atoms with Gasteiger partial charge in [0.15, 0.2) is 0 Å². The van der Waals surface area contributed by atoms with Gasteiger partial charge < -0.3 is 20.4 Å². The highest BCUT2D eigenvalue weighted by Crippen LogP contribution is 2.36. The molecule has 3 aromatic rings. The maximum Gasteiger partial charge on any atom is 0.416 e. The highest BCUT2D eigenvalue weighted by Gasteiger charge is 2.37. The Morgan fingerprint density at radius 2 is 1.63 bits per heavy atom. The van der Waals surface area contributed by atoms with Gasteiger partial charge in [0.05, 0.1) is 18.2 Å². The summed E-state index contributed by atoms with van der Waals surface area (Å²) in [5, 5.41) is 0.862. The quantitative estimate of drug-likeness (QED) is 0.300. The molecule has 0 aliphatic carbocycles. The molecular weight excluding hydrogens is 480 g/mol. The molecule has 3 rings (SSSR count). The summed E-state index contributed by atoms with van der Waals surface area (Å²) in [5.74, 6) is -2.57. The van der Waals surface area contributed by atoms with Crippen LogP contribution in [0, 0.1) is 0 Å². The Morgan fingerprint density at radius 1 is 1.03 bits per heavy atom. The highest BCUT2D eigenvalue weighted by atomic mass is 19.4. The first kappa shape index (κ1) is 26.1. The number of alkyl halides is 6. The summed E-state index contributed by atoms with van der Waals surface area (Å²) in [7, 11) is 0.927. The van der Waals surface area contributed by atoms with Crippen LogP contribution in [0.1, 0.15) is 22.3 Å². The van der Waals surface area contributed by atoms with Crippen molar-refractivity contribution in [1.82, 2.24) is 9.88 Å². The normalized spacial score (nSPS) is 13.0. The highest BCUT2D eigenvalue weighted by molar-refractivity contribution is 6.32. The van der Waals surface area contributed by atoms with Crippen LogP contribution in [0.15, 0.2) is 48.7 Å². The van der Waals surface area contributed by atoms with Gasteiger partial charge in [-0.2, -0.15) is 26.3 Å². The fourth-order valence-corrected chi connectivity index (χ4v) is 3.70. The second-order valence-corrected chi connectivity index (χ2v) is 7.92. The minimum atomic E-state index is -5.06. The molecule has 1 amide bonds. The largest absolute Gasteiger partial charge is 0.462 e. The number of benzene rings is 2. The number of carbonyl (C=O) groups is 2. The zero-order valence-corrected chi connectivity index (χ0v) is 18.3.